The summed E-state index contributed by atoms with van der Waals surface area (Å²) in [5, 5.41) is 4.03. The first-order chi connectivity index (χ1) is 6.27. The van der Waals surface area contributed by atoms with Crippen LogP contribution in [0.15, 0.2) is 41.1 Å². The van der Waals surface area contributed by atoms with Gasteiger partial charge in [-0.2, -0.15) is 5.10 Å². The van der Waals surface area contributed by atoms with Crippen molar-refractivity contribution in [3.8, 4) is 5.69 Å². The zero-order chi connectivity index (χ0) is 9.26. The van der Waals surface area contributed by atoms with Crippen molar-refractivity contribution in [2.75, 3.05) is 0 Å². The molecule has 13 heavy (non-hydrogen) atoms. The highest BCUT2D eigenvalue weighted by Gasteiger charge is 2.01. The van der Waals surface area contributed by atoms with E-state index in [1.807, 2.05) is 6.07 Å². The van der Waals surface area contributed by atoms with Gasteiger partial charge in [0, 0.05) is 12.4 Å². The van der Waals surface area contributed by atoms with Gasteiger partial charge in [-0.1, -0.05) is 0 Å². The van der Waals surface area contributed by atoms with E-state index in [0.29, 0.717) is 4.47 Å². The number of hydrogen-bond donors (Lipinski definition) is 0. The summed E-state index contributed by atoms with van der Waals surface area (Å²) in [6.07, 6.45) is 3.48. The quantitative estimate of drug-likeness (QED) is 0.750. The molecule has 0 fully saturated rings. The van der Waals surface area contributed by atoms with Gasteiger partial charge in [0.1, 0.15) is 5.82 Å². The molecule has 0 saturated heterocycles. The maximum absolute atomic E-state index is 12.9. The Morgan fingerprint density at radius 3 is 2.85 bits per heavy atom. The zero-order valence-corrected chi connectivity index (χ0v) is 8.20. The number of halogens is 2. The highest BCUT2D eigenvalue weighted by Crippen LogP contribution is 2.18. The minimum absolute atomic E-state index is 0.268. The fraction of sp³-hybridized carbons (Fsp3) is 0. The normalized spacial score (nSPS) is 10.3. The molecular formula is C9H6BrFN2. The molecule has 4 heteroatoms. The first-order valence-electron chi connectivity index (χ1n) is 3.72. The minimum atomic E-state index is -0.268. The van der Waals surface area contributed by atoms with Gasteiger partial charge in [0.15, 0.2) is 0 Å². The van der Waals surface area contributed by atoms with E-state index in [4.69, 9.17) is 0 Å². The molecule has 0 saturated carbocycles. The third-order valence-corrected chi connectivity index (χ3v) is 2.28. The first-order valence-corrected chi connectivity index (χ1v) is 4.52. The molecule has 0 amide bonds. The van der Waals surface area contributed by atoms with E-state index < -0.39 is 0 Å². The van der Waals surface area contributed by atoms with Crippen LogP contribution in [0.25, 0.3) is 5.69 Å². The van der Waals surface area contributed by atoms with Crippen LogP contribution in [0.4, 0.5) is 4.39 Å². The fourth-order valence-electron chi connectivity index (χ4n) is 1.05. The molecule has 0 aliphatic heterocycles. The van der Waals surface area contributed by atoms with E-state index in [9.17, 15) is 4.39 Å². The van der Waals surface area contributed by atoms with Gasteiger partial charge in [-0.05, 0) is 40.2 Å². The molecule has 0 aliphatic rings. The Morgan fingerprint density at radius 2 is 2.23 bits per heavy atom. The predicted octanol–water partition coefficient (Wildman–Crippen LogP) is 2.77. The van der Waals surface area contributed by atoms with Gasteiger partial charge in [-0.25, -0.2) is 9.07 Å². The van der Waals surface area contributed by atoms with Crippen LogP contribution in [0.3, 0.4) is 0 Å². The summed E-state index contributed by atoms with van der Waals surface area (Å²) in [5.74, 6) is -0.268. The first kappa shape index (κ1) is 8.44. The molecule has 2 rings (SSSR count). The molecule has 0 N–H and O–H groups in total. The molecule has 1 aromatic heterocycles. The van der Waals surface area contributed by atoms with Gasteiger partial charge in [-0.3, -0.25) is 0 Å². The highest BCUT2D eigenvalue weighted by molar-refractivity contribution is 9.10. The maximum atomic E-state index is 12.9. The Morgan fingerprint density at radius 1 is 1.38 bits per heavy atom. The van der Waals surface area contributed by atoms with E-state index in [1.54, 1.807) is 29.2 Å². The van der Waals surface area contributed by atoms with Crippen LogP contribution < -0.4 is 0 Å². The largest absolute Gasteiger partial charge is 0.241 e. The van der Waals surface area contributed by atoms with Crippen LogP contribution >= 0.6 is 15.9 Å². The number of rotatable bonds is 1. The lowest BCUT2D eigenvalue weighted by molar-refractivity contribution is 0.620. The van der Waals surface area contributed by atoms with E-state index in [-0.39, 0.29) is 5.82 Å². The lowest BCUT2D eigenvalue weighted by atomic mass is 10.3. The number of nitrogens with zero attached hydrogens (tertiary/aromatic N) is 2. The third-order valence-electron chi connectivity index (χ3n) is 1.67. The summed E-state index contributed by atoms with van der Waals surface area (Å²) in [4.78, 5) is 0. The lowest BCUT2D eigenvalue weighted by Crippen LogP contribution is -1.94. The molecule has 1 heterocycles. The average Bonchev–Trinajstić information content (AvgIpc) is 2.62. The topological polar surface area (TPSA) is 17.8 Å². The van der Waals surface area contributed by atoms with Crippen LogP contribution in [-0.2, 0) is 0 Å². The summed E-state index contributed by atoms with van der Waals surface area (Å²) in [6.45, 7) is 0. The molecule has 2 nitrogen and oxygen atoms in total. The molecule has 1 aromatic carbocycles. The Hall–Kier alpha value is -1.16. The Bertz CT molecular complexity index is 412. The van der Waals surface area contributed by atoms with Crippen molar-refractivity contribution >= 4 is 15.9 Å². The molecule has 66 valence electrons. The SMILES string of the molecule is Fc1ccc(-n2cccn2)cc1Br. The van der Waals surface area contributed by atoms with Gasteiger partial charge in [0.25, 0.3) is 0 Å². The monoisotopic (exact) mass is 240 g/mol. The predicted molar refractivity (Wildman–Crippen MR) is 51.2 cm³/mol. The Kier molecular flexibility index (Phi) is 2.14. The molecule has 0 bridgehead atoms. The van der Waals surface area contributed by atoms with E-state index >= 15 is 0 Å². The summed E-state index contributed by atoms with van der Waals surface area (Å²) in [6, 6.07) is 6.58. The molecule has 2 aromatic rings. The summed E-state index contributed by atoms with van der Waals surface area (Å²) in [5.41, 5.74) is 0.832. The second kappa shape index (κ2) is 3.30. The second-order valence-electron chi connectivity index (χ2n) is 2.55. The van der Waals surface area contributed by atoms with Crippen molar-refractivity contribution in [2.45, 2.75) is 0 Å². The number of aromatic nitrogens is 2. The smallest absolute Gasteiger partial charge is 0.137 e. The molecule has 0 aliphatic carbocycles. The molecule has 0 radical (unpaired) electrons. The van der Waals surface area contributed by atoms with Gasteiger partial charge in [0.05, 0.1) is 10.2 Å². The van der Waals surface area contributed by atoms with E-state index in [1.165, 1.54) is 6.07 Å². The second-order valence-corrected chi connectivity index (χ2v) is 3.40. The van der Waals surface area contributed by atoms with E-state index in [2.05, 4.69) is 21.0 Å². The standard InChI is InChI=1S/C9H6BrFN2/c10-8-6-7(2-3-9(8)11)13-5-1-4-12-13/h1-6H. The third kappa shape index (κ3) is 1.62. The van der Waals surface area contributed by atoms with Crippen LogP contribution in [0.1, 0.15) is 0 Å². The van der Waals surface area contributed by atoms with Crippen molar-refractivity contribution in [2.24, 2.45) is 0 Å². The summed E-state index contributed by atoms with van der Waals surface area (Å²) in [7, 11) is 0. The van der Waals surface area contributed by atoms with Crippen molar-refractivity contribution in [1.82, 2.24) is 9.78 Å². The van der Waals surface area contributed by atoms with Crippen molar-refractivity contribution in [3.05, 3.63) is 46.9 Å². The highest BCUT2D eigenvalue weighted by atomic mass is 79.9. The fourth-order valence-corrected chi connectivity index (χ4v) is 1.42. The van der Waals surface area contributed by atoms with E-state index in [0.717, 1.165) is 5.69 Å². The maximum Gasteiger partial charge on any atom is 0.137 e. The Balaban J connectivity index is 2.49. The van der Waals surface area contributed by atoms with Gasteiger partial charge in [0.2, 0.25) is 0 Å². The van der Waals surface area contributed by atoms with Gasteiger partial charge in [-0.15, -0.1) is 0 Å². The lowest BCUT2D eigenvalue weighted by Gasteiger charge is -2.01. The molecular weight excluding hydrogens is 235 g/mol. The van der Waals surface area contributed by atoms with Crippen LogP contribution in [0.2, 0.25) is 0 Å². The van der Waals surface area contributed by atoms with Crippen LogP contribution in [-0.4, -0.2) is 9.78 Å². The van der Waals surface area contributed by atoms with Gasteiger partial charge >= 0.3 is 0 Å². The molecule has 0 atom stereocenters. The molecule has 0 spiro atoms. The van der Waals surface area contributed by atoms with Crippen molar-refractivity contribution in [3.63, 3.8) is 0 Å². The number of hydrogen-bond acceptors (Lipinski definition) is 1. The van der Waals surface area contributed by atoms with Crippen molar-refractivity contribution < 1.29 is 4.39 Å². The average molecular weight is 241 g/mol. The van der Waals surface area contributed by atoms with Crippen LogP contribution in [0.5, 0.6) is 0 Å². The summed E-state index contributed by atoms with van der Waals surface area (Å²) < 4.78 is 15.0. The molecule has 0 unspecified atom stereocenters. The zero-order valence-electron chi connectivity index (χ0n) is 6.61. The Labute approximate surface area is 83.1 Å². The van der Waals surface area contributed by atoms with Crippen LogP contribution in [0, 0.1) is 5.82 Å². The summed E-state index contributed by atoms with van der Waals surface area (Å²) >= 11 is 3.12. The van der Waals surface area contributed by atoms with Crippen molar-refractivity contribution in [1.29, 1.82) is 0 Å². The number of benzene rings is 1. The minimum Gasteiger partial charge on any atom is -0.241 e. The van der Waals surface area contributed by atoms with Gasteiger partial charge < -0.3 is 0 Å².